The Morgan fingerprint density at radius 1 is 1.32 bits per heavy atom. The summed E-state index contributed by atoms with van der Waals surface area (Å²) in [4.78, 5) is 16.3. The lowest BCUT2D eigenvalue weighted by Crippen LogP contribution is -2.22. The summed E-state index contributed by atoms with van der Waals surface area (Å²) < 4.78 is 1.58. The number of nitrogens with zero attached hydrogens (tertiary/aromatic N) is 2. The van der Waals surface area contributed by atoms with Gasteiger partial charge in [0.2, 0.25) is 0 Å². The van der Waals surface area contributed by atoms with Crippen LogP contribution in [-0.2, 0) is 6.54 Å². The van der Waals surface area contributed by atoms with Gasteiger partial charge in [-0.15, -0.1) is 0 Å². The largest absolute Gasteiger partial charge is 0.352 e. The Labute approximate surface area is 131 Å². The van der Waals surface area contributed by atoms with Gasteiger partial charge in [-0.2, -0.15) is 4.98 Å². The van der Waals surface area contributed by atoms with Crippen LogP contribution in [0.2, 0.25) is 0 Å². The van der Waals surface area contributed by atoms with Crippen LogP contribution in [-0.4, -0.2) is 9.55 Å². The predicted octanol–water partition coefficient (Wildman–Crippen LogP) is 3.20. The zero-order valence-corrected chi connectivity index (χ0v) is 13.5. The summed E-state index contributed by atoms with van der Waals surface area (Å²) in [6.45, 7) is 6.62. The molecule has 0 spiro atoms. The molecule has 2 rings (SSSR count). The normalized spacial score (nSPS) is 11.7. The molecule has 0 amide bonds. The Hall–Kier alpha value is -2.20. The topological polar surface area (TPSA) is 60.9 Å². The molecular weight excluding hydrogens is 274 g/mol. The molecule has 22 heavy (non-hydrogen) atoms. The van der Waals surface area contributed by atoms with Crippen molar-refractivity contribution >= 4 is 6.08 Å². The molecule has 0 atom stereocenters. The highest BCUT2D eigenvalue weighted by molar-refractivity contribution is 5.54. The second-order valence-corrected chi connectivity index (χ2v) is 5.55. The summed E-state index contributed by atoms with van der Waals surface area (Å²) in [6, 6.07) is 7.65. The van der Waals surface area contributed by atoms with E-state index in [0.29, 0.717) is 6.54 Å². The second-order valence-electron chi connectivity index (χ2n) is 5.55. The predicted molar refractivity (Wildman–Crippen MR) is 91.0 cm³/mol. The number of rotatable bonds is 5. The first-order valence-corrected chi connectivity index (χ1v) is 7.62. The molecule has 4 nitrogen and oxygen atoms in total. The van der Waals surface area contributed by atoms with Gasteiger partial charge in [0, 0.05) is 18.3 Å². The quantitative estimate of drug-likeness (QED) is 0.922. The minimum atomic E-state index is -0.261. The van der Waals surface area contributed by atoms with E-state index in [0.717, 1.165) is 35.3 Å². The van der Waals surface area contributed by atoms with Crippen molar-refractivity contribution in [2.45, 2.75) is 40.2 Å². The molecule has 1 aromatic heterocycles. The highest BCUT2D eigenvalue weighted by Crippen LogP contribution is 2.14. The SMILES string of the molecule is CCC/C(C)=C\c1cn(-c2ccc(CN)cc2)c(=O)nc1C. The zero-order valence-electron chi connectivity index (χ0n) is 13.5. The number of aromatic nitrogens is 2. The Morgan fingerprint density at radius 2 is 2.00 bits per heavy atom. The van der Waals surface area contributed by atoms with Gasteiger partial charge in [0.05, 0.1) is 11.4 Å². The maximum absolute atomic E-state index is 12.2. The average Bonchev–Trinajstić information content (AvgIpc) is 2.50. The van der Waals surface area contributed by atoms with E-state index in [9.17, 15) is 4.79 Å². The number of hydrogen-bond donors (Lipinski definition) is 1. The fourth-order valence-corrected chi connectivity index (χ4v) is 2.40. The summed E-state index contributed by atoms with van der Waals surface area (Å²) in [5.74, 6) is 0. The third kappa shape index (κ3) is 3.71. The van der Waals surface area contributed by atoms with Crippen LogP contribution < -0.4 is 11.4 Å². The van der Waals surface area contributed by atoms with Crippen LogP contribution in [0.15, 0.2) is 40.8 Å². The van der Waals surface area contributed by atoms with Crippen LogP contribution >= 0.6 is 0 Å². The number of aryl methyl sites for hydroxylation is 1. The van der Waals surface area contributed by atoms with E-state index in [4.69, 9.17) is 5.73 Å². The van der Waals surface area contributed by atoms with Crippen molar-refractivity contribution in [3.8, 4) is 5.69 Å². The van der Waals surface area contributed by atoms with Crippen molar-refractivity contribution in [1.82, 2.24) is 9.55 Å². The fourth-order valence-electron chi connectivity index (χ4n) is 2.40. The lowest BCUT2D eigenvalue weighted by molar-refractivity contribution is 0.883. The summed E-state index contributed by atoms with van der Waals surface area (Å²) >= 11 is 0. The van der Waals surface area contributed by atoms with E-state index in [1.165, 1.54) is 5.57 Å². The first kappa shape index (κ1) is 16.2. The molecule has 0 aliphatic carbocycles. The van der Waals surface area contributed by atoms with Crippen LogP contribution in [0.1, 0.15) is 43.5 Å². The van der Waals surface area contributed by atoms with E-state index < -0.39 is 0 Å². The van der Waals surface area contributed by atoms with Crippen LogP contribution in [0.4, 0.5) is 0 Å². The Bertz CT molecular complexity index is 727. The van der Waals surface area contributed by atoms with Gasteiger partial charge in [-0.25, -0.2) is 4.79 Å². The molecule has 0 saturated heterocycles. The van der Waals surface area contributed by atoms with Crippen molar-refractivity contribution in [2.75, 3.05) is 0 Å². The average molecular weight is 297 g/mol. The molecule has 0 unspecified atom stereocenters. The van der Waals surface area contributed by atoms with E-state index in [-0.39, 0.29) is 5.69 Å². The van der Waals surface area contributed by atoms with Gasteiger partial charge in [0.25, 0.3) is 0 Å². The van der Waals surface area contributed by atoms with Gasteiger partial charge < -0.3 is 5.73 Å². The molecule has 0 aliphatic heterocycles. The molecule has 2 aromatic rings. The standard InChI is InChI=1S/C18H23N3O/c1-4-5-13(2)10-16-12-21(18(22)20-14(16)3)17-8-6-15(11-19)7-9-17/h6-10,12H,4-5,11,19H2,1-3H3/b13-10-. The third-order valence-electron chi connectivity index (χ3n) is 3.65. The molecule has 4 heteroatoms. The molecule has 0 saturated carbocycles. The Morgan fingerprint density at radius 3 is 2.59 bits per heavy atom. The molecule has 116 valence electrons. The maximum Gasteiger partial charge on any atom is 0.352 e. The van der Waals surface area contributed by atoms with Crippen molar-refractivity contribution in [1.29, 1.82) is 0 Å². The lowest BCUT2D eigenvalue weighted by Gasteiger charge is -2.09. The van der Waals surface area contributed by atoms with Crippen molar-refractivity contribution < 1.29 is 0 Å². The highest BCUT2D eigenvalue weighted by Gasteiger charge is 2.06. The molecule has 0 radical (unpaired) electrons. The fraction of sp³-hybridized carbons (Fsp3) is 0.333. The van der Waals surface area contributed by atoms with Gasteiger partial charge in [0.15, 0.2) is 0 Å². The summed E-state index contributed by atoms with van der Waals surface area (Å²) in [6.07, 6.45) is 6.12. The van der Waals surface area contributed by atoms with Crippen molar-refractivity contribution in [2.24, 2.45) is 5.73 Å². The lowest BCUT2D eigenvalue weighted by atomic mass is 10.1. The van der Waals surface area contributed by atoms with Crippen LogP contribution in [0.25, 0.3) is 11.8 Å². The monoisotopic (exact) mass is 297 g/mol. The third-order valence-corrected chi connectivity index (χ3v) is 3.65. The van der Waals surface area contributed by atoms with E-state index in [1.807, 2.05) is 37.4 Å². The number of benzene rings is 1. The summed E-state index contributed by atoms with van der Waals surface area (Å²) in [5, 5.41) is 0. The van der Waals surface area contributed by atoms with E-state index >= 15 is 0 Å². The molecule has 0 bridgehead atoms. The smallest absolute Gasteiger partial charge is 0.326 e. The molecule has 1 heterocycles. The first-order valence-electron chi connectivity index (χ1n) is 7.62. The van der Waals surface area contributed by atoms with Crippen molar-refractivity contribution in [3.05, 3.63) is 63.3 Å². The summed E-state index contributed by atoms with van der Waals surface area (Å²) in [5.41, 5.74) is 10.2. The van der Waals surface area contributed by atoms with Crippen LogP contribution in [0.3, 0.4) is 0 Å². The maximum atomic E-state index is 12.2. The Kier molecular flexibility index (Phi) is 5.28. The van der Waals surface area contributed by atoms with Gasteiger partial charge in [0.1, 0.15) is 0 Å². The molecule has 2 N–H and O–H groups in total. The minimum Gasteiger partial charge on any atom is -0.326 e. The zero-order chi connectivity index (χ0) is 16.1. The van der Waals surface area contributed by atoms with Crippen molar-refractivity contribution in [3.63, 3.8) is 0 Å². The van der Waals surface area contributed by atoms with Gasteiger partial charge in [-0.05, 0) is 38.0 Å². The first-order chi connectivity index (χ1) is 10.5. The van der Waals surface area contributed by atoms with Gasteiger partial charge in [-0.1, -0.05) is 37.1 Å². The molecule has 1 aromatic carbocycles. The number of allylic oxidation sites excluding steroid dienone is 1. The number of hydrogen-bond acceptors (Lipinski definition) is 3. The Balaban J connectivity index is 2.47. The van der Waals surface area contributed by atoms with E-state index in [1.54, 1.807) is 4.57 Å². The number of nitrogens with two attached hydrogens (primary N) is 1. The molecule has 0 aliphatic rings. The van der Waals surface area contributed by atoms with E-state index in [2.05, 4.69) is 24.9 Å². The second kappa shape index (κ2) is 7.18. The minimum absolute atomic E-state index is 0.261. The van der Waals surface area contributed by atoms with Gasteiger partial charge >= 0.3 is 5.69 Å². The van der Waals surface area contributed by atoms with Crippen LogP contribution in [0, 0.1) is 6.92 Å². The highest BCUT2D eigenvalue weighted by atomic mass is 16.1. The molecular formula is C18H23N3O. The summed E-state index contributed by atoms with van der Waals surface area (Å²) in [7, 11) is 0. The molecule has 0 fully saturated rings. The van der Waals surface area contributed by atoms with Crippen LogP contribution in [0.5, 0.6) is 0 Å². The van der Waals surface area contributed by atoms with Gasteiger partial charge in [-0.3, -0.25) is 4.57 Å².